The van der Waals surface area contributed by atoms with Gasteiger partial charge in [-0.25, -0.2) is 9.78 Å². The van der Waals surface area contributed by atoms with Crippen molar-refractivity contribution in [3.8, 4) is 5.75 Å². The van der Waals surface area contributed by atoms with Gasteiger partial charge in [-0.1, -0.05) is 31.5 Å². The molecular formula is C21H24N2O4S. The maximum Gasteiger partial charge on any atom is 0.337 e. The van der Waals surface area contributed by atoms with E-state index >= 15 is 0 Å². The lowest BCUT2D eigenvalue weighted by molar-refractivity contribution is 0.0699. The van der Waals surface area contributed by atoms with Gasteiger partial charge >= 0.3 is 5.97 Å². The molecule has 1 aromatic carbocycles. The van der Waals surface area contributed by atoms with Crippen molar-refractivity contribution in [1.29, 1.82) is 0 Å². The third kappa shape index (κ3) is 4.25. The zero-order valence-corrected chi connectivity index (χ0v) is 17.1. The first-order valence-corrected chi connectivity index (χ1v) is 10.2. The molecule has 148 valence electrons. The number of aryl methyl sites for hydroxylation is 1. The van der Waals surface area contributed by atoms with Crippen LogP contribution in [0.3, 0.4) is 0 Å². The Morgan fingerprint density at radius 2 is 1.96 bits per heavy atom. The minimum atomic E-state index is -1.10. The number of hydrogen-bond acceptors (Lipinski definition) is 5. The van der Waals surface area contributed by atoms with Gasteiger partial charge in [0.1, 0.15) is 16.4 Å². The molecule has 1 N–H and O–H groups in total. The highest BCUT2D eigenvalue weighted by atomic mass is 32.1. The number of carbonyl (C=O) groups is 1. The van der Waals surface area contributed by atoms with E-state index in [4.69, 9.17) is 4.74 Å². The molecule has 3 aromatic rings. The molecule has 2 heterocycles. The van der Waals surface area contributed by atoms with E-state index in [2.05, 4.69) is 4.98 Å². The number of benzene rings is 1. The normalized spacial score (nSPS) is 11.3. The summed E-state index contributed by atoms with van der Waals surface area (Å²) in [6, 6.07) is 7.90. The van der Waals surface area contributed by atoms with Crippen LogP contribution in [0.15, 0.2) is 34.4 Å². The van der Waals surface area contributed by atoms with Gasteiger partial charge in [0.15, 0.2) is 0 Å². The molecule has 0 radical (unpaired) electrons. The Morgan fingerprint density at radius 3 is 2.61 bits per heavy atom. The molecule has 0 unspecified atom stereocenters. The van der Waals surface area contributed by atoms with Crippen LogP contribution in [0.2, 0.25) is 0 Å². The number of fused-ring (bicyclic) bond motifs is 1. The van der Waals surface area contributed by atoms with E-state index in [1.54, 1.807) is 4.57 Å². The second-order valence-electron chi connectivity index (χ2n) is 7.08. The molecule has 0 atom stereocenters. The van der Waals surface area contributed by atoms with E-state index in [0.717, 1.165) is 18.6 Å². The van der Waals surface area contributed by atoms with Crippen LogP contribution in [-0.4, -0.2) is 27.2 Å². The first-order chi connectivity index (χ1) is 13.4. The summed E-state index contributed by atoms with van der Waals surface area (Å²) in [7, 11) is 0. The van der Waals surface area contributed by atoms with Crippen molar-refractivity contribution in [3.05, 3.63) is 57.0 Å². The van der Waals surface area contributed by atoms with E-state index in [1.807, 2.05) is 45.0 Å². The standard InChI is InChI=1S/C21H24N2O4S/c1-13(2)18-22-19-17(16(12-28-19)21(25)26)20(24)23(18)10-4-5-11-27-15-8-6-14(3)7-9-15/h6-9,12-13H,4-5,10-11H2,1-3H3,(H,25,26). The number of rotatable bonds is 8. The first kappa shape index (κ1) is 20.1. The lowest BCUT2D eigenvalue weighted by atomic mass is 10.1. The first-order valence-electron chi connectivity index (χ1n) is 9.33. The highest BCUT2D eigenvalue weighted by Crippen LogP contribution is 2.24. The van der Waals surface area contributed by atoms with E-state index < -0.39 is 5.97 Å². The van der Waals surface area contributed by atoms with Crippen LogP contribution in [0.4, 0.5) is 0 Å². The van der Waals surface area contributed by atoms with E-state index in [0.29, 0.717) is 23.8 Å². The fraction of sp³-hybridized carbons (Fsp3) is 0.381. The number of aromatic nitrogens is 2. The van der Waals surface area contributed by atoms with Gasteiger partial charge in [0.2, 0.25) is 0 Å². The molecular weight excluding hydrogens is 376 g/mol. The van der Waals surface area contributed by atoms with Crippen LogP contribution in [0.5, 0.6) is 5.75 Å². The summed E-state index contributed by atoms with van der Waals surface area (Å²) in [6.45, 7) is 7.04. The van der Waals surface area contributed by atoms with Crippen molar-refractivity contribution < 1.29 is 14.6 Å². The molecule has 0 aliphatic heterocycles. The van der Waals surface area contributed by atoms with Gasteiger partial charge in [0.05, 0.1) is 17.6 Å². The maximum absolute atomic E-state index is 13.0. The number of carboxylic acids is 1. The third-order valence-electron chi connectivity index (χ3n) is 4.54. The molecule has 28 heavy (non-hydrogen) atoms. The maximum atomic E-state index is 13.0. The van der Waals surface area contributed by atoms with Crippen LogP contribution in [0.25, 0.3) is 10.2 Å². The average Bonchev–Trinajstić information content (AvgIpc) is 3.09. The van der Waals surface area contributed by atoms with Crippen LogP contribution in [-0.2, 0) is 6.54 Å². The number of ether oxygens (including phenoxy) is 1. The third-order valence-corrected chi connectivity index (χ3v) is 5.41. The molecule has 0 fully saturated rings. The van der Waals surface area contributed by atoms with Gasteiger partial charge in [-0.2, -0.15) is 0 Å². The summed E-state index contributed by atoms with van der Waals surface area (Å²) < 4.78 is 7.36. The van der Waals surface area contributed by atoms with Crippen LogP contribution in [0, 0.1) is 6.92 Å². The smallest absolute Gasteiger partial charge is 0.337 e. The number of hydrogen-bond donors (Lipinski definition) is 1. The summed E-state index contributed by atoms with van der Waals surface area (Å²) in [5, 5.41) is 11.0. The number of aromatic carboxylic acids is 1. The predicted octanol–water partition coefficient (Wildman–Crippen LogP) is 4.45. The molecule has 2 aromatic heterocycles. The van der Waals surface area contributed by atoms with Gasteiger partial charge in [-0.15, -0.1) is 11.3 Å². The summed E-state index contributed by atoms with van der Waals surface area (Å²) in [5.74, 6) is 0.491. The highest BCUT2D eigenvalue weighted by molar-refractivity contribution is 7.17. The average molecular weight is 401 g/mol. The minimum absolute atomic E-state index is 0.0317. The Kier molecular flexibility index (Phi) is 6.14. The van der Waals surface area contributed by atoms with Gasteiger partial charge < -0.3 is 9.84 Å². The predicted molar refractivity (Wildman–Crippen MR) is 111 cm³/mol. The number of thiophene rings is 1. The minimum Gasteiger partial charge on any atom is -0.494 e. The number of nitrogens with zero attached hydrogens (tertiary/aromatic N) is 2. The van der Waals surface area contributed by atoms with E-state index in [-0.39, 0.29) is 22.4 Å². The summed E-state index contributed by atoms with van der Waals surface area (Å²) in [4.78, 5) is 29.5. The van der Waals surface area contributed by atoms with Gasteiger partial charge in [-0.05, 0) is 31.9 Å². The molecule has 6 nitrogen and oxygen atoms in total. The van der Waals surface area contributed by atoms with Gasteiger partial charge in [-0.3, -0.25) is 9.36 Å². The Hall–Kier alpha value is -2.67. The molecule has 0 spiro atoms. The summed E-state index contributed by atoms with van der Waals surface area (Å²) in [5.41, 5.74) is 0.945. The highest BCUT2D eigenvalue weighted by Gasteiger charge is 2.20. The Balaban J connectivity index is 1.73. The fourth-order valence-corrected chi connectivity index (χ4v) is 3.96. The lowest BCUT2D eigenvalue weighted by Gasteiger charge is -2.15. The monoisotopic (exact) mass is 400 g/mol. The second kappa shape index (κ2) is 8.56. The van der Waals surface area contributed by atoms with E-state index in [9.17, 15) is 14.7 Å². The number of unbranched alkanes of at least 4 members (excludes halogenated alkanes) is 1. The van der Waals surface area contributed by atoms with Crippen molar-refractivity contribution in [3.63, 3.8) is 0 Å². The quantitative estimate of drug-likeness (QED) is 0.565. The van der Waals surface area contributed by atoms with Crippen molar-refractivity contribution in [2.45, 2.75) is 46.1 Å². The fourth-order valence-electron chi connectivity index (χ4n) is 3.05. The van der Waals surface area contributed by atoms with Crippen LogP contribution < -0.4 is 10.3 Å². The van der Waals surface area contributed by atoms with E-state index in [1.165, 1.54) is 22.3 Å². The van der Waals surface area contributed by atoms with Crippen LogP contribution in [0.1, 0.15) is 54.4 Å². The topological polar surface area (TPSA) is 81.4 Å². The number of carboxylic acid groups (broad SMARTS) is 1. The summed E-state index contributed by atoms with van der Waals surface area (Å²) in [6.07, 6.45) is 1.52. The molecule has 0 bridgehead atoms. The zero-order chi connectivity index (χ0) is 20.3. The van der Waals surface area contributed by atoms with Crippen molar-refractivity contribution in [2.75, 3.05) is 6.61 Å². The molecule has 0 aliphatic carbocycles. The second-order valence-corrected chi connectivity index (χ2v) is 7.94. The lowest BCUT2D eigenvalue weighted by Crippen LogP contribution is -2.27. The van der Waals surface area contributed by atoms with Crippen molar-refractivity contribution in [1.82, 2.24) is 9.55 Å². The van der Waals surface area contributed by atoms with Gasteiger partial charge in [0, 0.05) is 17.8 Å². The Morgan fingerprint density at radius 1 is 1.25 bits per heavy atom. The largest absolute Gasteiger partial charge is 0.494 e. The van der Waals surface area contributed by atoms with Crippen molar-refractivity contribution in [2.24, 2.45) is 0 Å². The van der Waals surface area contributed by atoms with Crippen LogP contribution >= 0.6 is 11.3 Å². The molecule has 0 saturated heterocycles. The van der Waals surface area contributed by atoms with Crippen molar-refractivity contribution >= 4 is 27.5 Å². The Labute approximate surface area is 167 Å². The van der Waals surface area contributed by atoms with Gasteiger partial charge in [0.25, 0.3) is 5.56 Å². The summed E-state index contributed by atoms with van der Waals surface area (Å²) >= 11 is 1.20. The molecule has 3 rings (SSSR count). The Bertz CT molecular complexity index is 1030. The molecule has 0 aliphatic rings. The SMILES string of the molecule is Cc1ccc(OCCCCn2c(C(C)C)nc3scc(C(=O)O)c3c2=O)cc1. The molecule has 7 heteroatoms. The zero-order valence-electron chi connectivity index (χ0n) is 16.3. The molecule has 0 saturated carbocycles. The molecule has 0 amide bonds.